The number of ether oxygens (including phenoxy) is 1. The number of rotatable bonds is 6. The summed E-state index contributed by atoms with van der Waals surface area (Å²) < 4.78 is 5.10. The normalized spacial score (nSPS) is 18.6. The number of hydrogen-bond acceptors (Lipinski definition) is 6. The molecule has 0 saturated carbocycles. The summed E-state index contributed by atoms with van der Waals surface area (Å²) in [6.07, 6.45) is 0.484. The highest BCUT2D eigenvalue weighted by Crippen LogP contribution is 2.32. The van der Waals surface area contributed by atoms with Gasteiger partial charge >= 0.3 is 0 Å². The van der Waals surface area contributed by atoms with Gasteiger partial charge in [-0.15, -0.1) is 12.4 Å². The lowest BCUT2D eigenvalue weighted by Crippen LogP contribution is -2.52. The van der Waals surface area contributed by atoms with Gasteiger partial charge in [-0.05, 0) is 18.6 Å². The molecule has 146 valence electrons. The fourth-order valence-electron chi connectivity index (χ4n) is 3.14. The summed E-state index contributed by atoms with van der Waals surface area (Å²) in [5, 5.41) is 4.99. The second-order valence-electron chi connectivity index (χ2n) is 6.12. The first-order chi connectivity index (χ1) is 12.5. The maximum Gasteiger partial charge on any atom is 0.255 e. The molecule has 0 aromatic heterocycles. The van der Waals surface area contributed by atoms with Crippen LogP contribution in [0.2, 0.25) is 0 Å². The van der Waals surface area contributed by atoms with E-state index in [2.05, 4.69) is 10.6 Å². The first-order valence-electron chi connectivity index (χ1n) is 8.35. The van der Waals surface area contributed by atoms with Crippen LogP contribution in [0.3, 0.4) is 0 Å². The number of nitrogens with zero attached hydrogens (tertiary/aromatic N) is 1. The predicted octanol–water partition coefficient (Wildman–Crippen LogP) is -0.217. The van der Waals surface area contributed by atoms with Gasteiger partial charge in [0.05, 0.1) is 6.61 Å². The van der Waals surface area contributed by atoms with E-state index in [1.165, 1.54) is 4.90 Å². The van der Waals surface area contributed by atoms with E-state index in [1.54, 1.807) is 18.2 Å². The Kier molecular flexibility index (Phi) is 6.89. The first-order valence-corrected chi connectivity index (χ1v) is 8.35. The molecule has 2 aliphatic heterocycles. The highest BCUT2D eigenvalue weighted by molar-refractivity contribution is 6.06. The Morgan fingerprint density at radius 1 is 1.33 bits per heavy atom. The fraction of sp³-hybridized carbons (Fsp3) is 0.412. The Labute approximate surface area is 162 Å². The van der Waals surface area contributed by atoms with Gasteiger partial charge in [0, 0.05) is 36.3 Å². The molecule has 1 unspecified atom stereocenters. The minimum absolute atomic E-state index is 0. The first kappa shape index (κ1) is 20.8. The van der Waals surface area contributed by atoms with Crippen LogP contribution in [0.5, 0.6) is 0 Å². The number of halogens is 1. The molecule has 27 heavy (non-hydrogen) atoms. The SMILES string of the molecule is Cl.NCCOCC(=O)Nc1cccc2c1CN(C1CCC(=O)NC1=O)C2=O. The van der Waals surface area contributed by atoms with Gasteiger partial charge in [0.1, 0.15) is 12.6 Å². The maximum absolute atomic E-state index is 12.7. The molecule has 0 radical (unpaired) electrons. The molecule has 4 N–H and O–H groups in total. The number of benzene rings is 1. The molecule has 0 aliphatic carbocycles. The molecule has 1 fully saturated rings. The maximum atomic E-state index is 12.7. The van der Waals surface area contributed by atoms with Gasteiger partial charge in [-0.1, -0.05) is 6.07 Å². The Morgan fingerprint density at radius 3 is 2.81 bits per heavy atom. The zero-order chi connectivity index (χ0) is 18.7. The third-order valence-electron chi connectivity index (χ3n) is 4.35. The molecule has 0 spiro atoms. The van der Waals surface area contributed by atoms with Crippen molar-refractivity contribution in [1.29, 1.82) is 0 Å². The molecule has 1 aromatic rings. The zero-order valence-electron chi connectivity index (χ0n) is 14.5. The molecule has 4 amide bonds. The highest BCUT2D eigenvalue weighted by atomic mass is 35.5. The zero-order valence-corrected chi connectivity index (χ0v) is 15.3. The van der Waals surface area contributed by atoms with Gasteiger partial charge in [-0.3, -0.25) is 24.5 Å². The van der Waals surface area contributed by atoms with Crippen molar-refractivity contribution in [3.8, 4) is 0 Å². The van der Waals surface area contributed by atoms with E-state index in [4.69, 9.17) is 10.5 Å². The van der Waals surface area contributed by atoms with Gasteiger partial charge in [-0.25, -0.2) is 0 Å². The largest absolute Gasteiger partial charge is 0.370 e. The number of carbonyl (C=O) groups excluding carboxylic acids is 4. The predicted molar refractivity (Wildman–Crippen MR) is 98.2 cm³/mol. The van der Waals surface area contributed by atoms with E-state index in [9.17, 15) is 19.2 Å². The summed E-state index contributed by atoms with van der Waals surface area (Å²) in [6.45, 7) is 0.664. The molecule has 0 bridgehead atoms. The fourth-order valence-corrected chi connectivity index (χ4v) is 3.14. The molecule has 9 nitrogen and oxygen atoms in total. The van der Waals surface area contributed by atoms with Crippen LogP contribution in [0.25, 0.3) is 0 Å². The van der Waals surface area contributed by atoms with Crippen LogP contribution in [0, 0.1) is 0 Å². The number of anilines is 1. The molecule has 1 atom stereocenters. The minimum Gasteiger partial charge on any atom is -0.370 e. The van der Waals surface area contributed by atoms with E-state index in [0.717, 1.165) is 0 Å². The molecule has 1 aromatic carbocycles. The summed E-state index contributed by atoms with van der Waals surface area (Å²) in [4.78, 5) is 49.5. The number of carbonyl (C=O) groups is 4. The van der Waals surface area contributed by atoms with Crippen molar-refractivity contribution in [3.05, 3.63) is 29.3 Å². The van der Waals surface area contributed by atoms with Crippen molar-refractivity contribution in [2.45, 2.75) is 25.4 Å². The van der Waals surface area contributed by atoms with E-state index in [-0.39, 0.29) is 56.3 Å². The average Bonchev–Trinajstić information content (AvgIpc) is 2.93. The Hall–Kier alpha value is -2.49. The van der Waals surface area contributed by atoms with Crippen LogP contribution >= 0.6 is 12.4 Å². The number of fused-ring (bicyclic) bond motifs is 1. The van der Waals surface area contributed by atoms with Crippen LogP contribution in [0.4, 0.5) is 5.69 Å². The van der Waals surface area contributed by atoms with Crippen LogP contribution in [0.15, 0.2) is 18.2 Å². The van der Waals surface area contributed by atoms with Crippen LogP contribution in [-0.4, -0.2) is 54.3 Å². The molecule has 10 heteroatoms. The summed E-state index contributed by atoms with van der Waals surface area (Å²) in [7, 11) is 0. The minimum atomic E-state index is -0.691. The second-order valence-corrected chi connectivity index (χ2v) is 6.12. The summed E-state index contributed by atoms with van der Waals surface area (Å²) in [5.74, 6) is -1.44. The third-order valence-corrected chi connectivity index (χ3v) is 4.35. The number of piperidine rings is 1. The van der Waals surface area contributed by atoms with Crippen molar-refractivity contribution in [2.75, 3.05) is 25.1 Å². The summed E-state index contributed by atoms with van der Waals surface area (Å²) in [5.41, 5.74) is 6.90. The van der Waals surface area contributed by atoms with Gasteiger partial charge in [0.25, 0.3) is 5.91 Å². The monoisotopic (exact) mass is 396 g/mol. The Morgan fingerprint density at radius 2 is 2.11 bits per heavy atom. The number of hydrogen-bond donors (Lipinski definition) is 3. The van der Waals surface area contributed by atoms with Gasteiger partial charge in [0.2, 0.25) is 17.7 Å². The average molecular weight is 397 g/mol. The van der Waals surface area contributed by atoms with Crippen molar-refractivity contribution in [3.63, 3.8) is 0 Å². The van der Waals surface area contributed by atoms with Crippen LogP contribution < -0.4 is 16.4 Å². The third kappa shape index (κ3) is 4.44. The lowest BCUT2D eigenvalue weighted by molar-refractivity contribution is -0.137. The van der Waals surface area contributed by atoms with Gasteiger partial charge in [-0.2, -0.15) is 0 Å². The highest BCUT2D eigenvalue weighted by Gasteiger charge is 2.39. The van der Waals surface area contributed by atoms with Crippen molar-refractivity contribution in [2.24, 2.45) is 5.73 Å². The quantitative estimate of drug-likeness (QED) is 0.450. The van der Waals surface area contributed by atoms with E-state index in [0.29, 0.717) is 29.8 Å². The second kappa shape index (κ2) is 8.94. The van der Waals surface area contributed by atoms with Crippen LogP contribution in [0.1, 0.15) is 28.8 Å². The lowest BCUT2D eigenvalue weighted by atomic mass is 10.0. The smallest absolute Gasteiger partial charge is 0.255 e. The molecule has 2 heterocycles. The Bertz CT molecular complexity index is 770. The number of imide groups is 1. The van der Waals surface area contributed by atoms with Crippen molar-refractivity contribution in [1.82, 2.24) is 10.2 Å². The topological polar surface area (TPSA) is 131 Å². The number of amides is 4. The van der Waals surface area contributed by atoms with Crippen LogP contribution in [-0.2, 0) is 25.7 Å². The molecular weight excluding hydrogens is 376 g/mol. The number of nitrogens with two attached hydrogens (primary N) is 1. The molecule has 1 saturated heterocycles. The van der Waals surface area contributed by atoms with Gasteiger partial charge in [0.15, 0.2) is 0 Å². The van der Waals surface area contributed by atoms with Crippen molar-refractivity contribution >= 4 is 41.7 Å². The molecular formula is C17H21ClN4O5. The van der Waals surface area contributed by atoms with Gasteiger partial charge < -0.3 is 20.7 Å². The number of nitrogens with one attached hydrogen (secondary N) is 2. The molecule has 3 rings (SSSR count). The summed E-state index contributed by atoms with van der Waals surface area (Å²) in [6, 6.07) is 4.33. The molecule has 2 aliphatic rings. The summed E-state index contributed by atoms with van der Waals surface area (Å²) >= 11 is 0. The van der Waals surface area contributed by atoms with Crippen molar-refractivity contribution < 1.29 is 23.9 Å². The lowest BCUT2D eigenvalue weighted by Gasteiger charge is -2.29. The van der Waals surface area contributed by atoms with E-state index < -0.39 is 11.9 Å². The standard InChI is InChI=1S/C17H20N4O5.ClH/c18-6-7-26-9-15(23)19-12-3-1-2-10-11(12)8-21(17(10)25)13-4-5-14(22)20-16(13)24;/h1-3,13H,4-9,18H2,(H,19,23)(H,20,22,24);1H. The van der Waals surface area contributed by atoms with E-state index in [1.807, 2.05) is 0 Å². The Balaban J connectivity index is 0.00000261. The van der Waals surface area contributed by atoms with E-state index >= 15 is 0 Å².